The van der Waals surface area contributed by atoms with Crippen LogP contribution in [0.1, 0.15) is 11.3 Å². The third-order valence-electron chi connectivity index (χ3n) is 2.58. The van der Waals surface area contributed by atoms with Crippen LogP contribution in [0.4, 0.5) is 5.82 Å². The summed E-state index contributed by atoms with van der Waals surface area (Å²) in [6.45, 7) is 0. The Bertz CT molecular complexity index is 517. The number of hydrogen-bond donors (Lipinski definition) is 1. The maximum absolute atomic E-state index is 5.97. The molecule has 2 aromatic rings. The monoisotopic (exact) mass is 251 g/mol. The third kappa shape index (κ3) is 2.53. The molecule has 0 saturated carbocycles. The summed E-state index contributed by atoms with van der Waals surface area (Å²) in [7, 11) is 3.45. The van der Waals surface area contributed by atoms with Crippen LogP contribution in [0.2, 0.25) is 5.02 Å². The number of aryl methyl sites for hydroxylation is 1. The third-order valence-corrected chi connectivity index (χ3v) is 2.82. The van der Waals surface area contributed by atoms with Crippen LogP contribution in [0.25, 0.3) is 0 Å². The van der Waals surface area contributed by atoms with Gasteiger partial charge in [0.2, 0.25) is 0 Å². The van der Waals surface area contributed by atoms with E-state index in [2.05, 4.69) is 5.10 Å². The molecule has 0 radical (unpaired) electrons. The molecule has 0 aliphatic heterocycles. The summed E-state index contributed by atoms with van der Waals surface area (Å²) in [5, 5.41) is 4.99. The van der Waals surface area contributed by atoms with Crippen molar-refractivity contribution in [1.29, 1.82) is 0 Å². The van der Waals surface area contributed by atoms with E-state index < -0.39 is 0 Å². The van der Waals surface area contributed by atoms with Crippen molar-refractivity contribution in [2.24, 2.45) is 7.05 Å². The first-order chi connectivity index (χ1) is 8.10. The zero-order valence-corrected chi connectivity index (χ0v) is 10.5. The molecule has 2 rings (SSSR count). The van der Waals surface area contributed by atoms with Crippen LogP contribution in [0.15, 0.2) is 24.3 Å². The average molecular weight is 252 g/mol. The first-order valence-corrected chi connectivity index (χ1v) is 5.58. The maximum atomic E-state index is 5.97. The number of anilines is 1. The number of nitrogen functional groups attached to an aromatic ring is 1. The molecule has 0 spiro atoms. The molecule has 1 aromatic heterocycles. The van der Waals surface area contributed by atoms with Gasteiger partial charge < -0.3 is 10.5 Å². The zero-order chi connectivity index (χ0) is 12.4. The number of ether oxygens (including phenoxy) is 1. The lowest BCUT2D eigenvalue weighted by atomic mass is 10.1. The number of benzene rings is 1. The number of nitrogens with two attached hydrogens (primary N) is 1. The Balaban J connectivity index is 2.31. The standard InChI is InChI=1S/C12H14ClN3O/c1-16-12(14)7-10(15-16)6-8-5-9(13)3-4-11(8)17-2/h3-5,7H,6,14H2,1-2H3. The van der Waals surface area contributed by atoms with Crippen molar-refractivity contribution < 1.29 is 4.74 Å². The van der Waals surface area contributed by atoms with Gasteiger partial charge in [0.05, 0.1) is 12.8 Å². The summed E-state index contributed by atoms with van der Waals surface area (Å²) < 4.78 is 6.93. The molecule has 5 heteroatoms. The molecule has 0 fully saturated rings. The van der Waals surface area contributed by atoms with E-state index in [1.54, 1.807) is 17.9 Å². The van der Waals surface area contributed by atoms with Gasteiger partial charge in [0.15, 0.2) is 0 Å². The van der Waals surface area contributed by atoms with Crippen LogP contribution in [0, 0.1) is 0 Å². The van der Waals surface area contributed by atoms with Crippen LogP contribution in [-0.4, -0.2) is 16.9 Å². The average Bonchev–Trinajstić information content (AvgIpc) is 2.58. The highest BCUT2D eigenvalue weighted by Crippen LogP contribution is 2.25. The van der Waals surface area contributed by atoms with E-state index in [-0.39, 0.29) is 0 Å². The summed E-state index contributed by atoms with van der Waals surface area (Å²) in [6.07, 6.45) is 0.648. The summed E-state index contributed by atoms with van der Waals surface area (Å²) in [5.41, 5.74) is 7.63. The fourth-order valence-electron chi connectivity index (χ4n) is 1.71. The van der Waals surface area contributed by atoms with Crippen molar-refractivity contribution in [3.63, 3.8) is 0 Å². The fourth-order valence-corrected chi connectivity index (χ4v) is 1.90. The topological polar surface area (TPSA) is 53.1 Å². The molecule has 17 heavy (non-hydrogen) atoms. The number of methoxy groups -OCH3 is 1. The zero-order valence-electron chi connectivity index (χ0n) is 9.77. The molecule has 2 N–H and O–H groups in total. The SMILES string of the molecule is COc1ccc(Cl)cc1Cc1cc(N)n(C)n1. The summed E-state index contributed by atoms with van der Waals surface area (Å²) in [4.78, 5) is 0. The Morgan fingerprint density at radius 2 is 2.18 bits per heavy atom. The van der Waals surface area contributed by atoms with Gasteiger partial charge in [0, 0.05) is 30.1 Å². The number of hydrogen-bond acceptors (Lipinski definition) is 3. The van der Waals surface area contributed by atoms with E-state index in [1.807, 2.05) is 25.2 Å². The highest BCUT2D eigenvalue weighted by atomic mass is 35.5. The molecule has 1 heterocycles. The Morgan fingerprint density at radius 1 is 1.41 bits per heavy atom. The highest BCUT2D eigenvalue weighted by Gasteiger charge is 2.08. The maximum Gasteiger partial charge on any atom is 0.122 e. The molecule has 0 bridgehead atoms. The first kappa shape index (κ1) is 11.8. The summed E-state index contributed by atoms with van der Waals surface area (Å²) in [6, 6.07) is 7.38. The highest BCUT2D eigenvalue weighted by molar-refractivity contribution is 6.30. The van der Waals surface area contributed by atoms with E-state index in [9.17, 15) is 0 Å². The summed E-state index contributed by atoms with van der Waals surface area (Å²) in [5.74, 6) is 1.44. The molecule has 0 aliphatic carbocycles. The fraction of sp³-hybridized carbons (Fsp3) is 0.250. The molecule has 0 saturated heterocycles. The predicted molar refractivity (Wildman–Crippen MR) is 68.4 cm³/mol. The van der Waals surface area contributed by atoms with Crippen molar-refractivity contribution in [1.82, 2.24) is 9.78 Å². The van der Waals surface area contributed by atoms with Gasteiger partial charge in [-0.1, -0.05) is 11.6 Å². The van der Waals surface area contributed by atoms with Crippen LogP contribution < -0.4 is 10.5 Å². The van der Waals surface area contributed by atoms with Crippen LogP contribution in [0.5, 0.6) is 5.75 Å². The molecular formula is C12H14ClN3O. The molecule has 0 atom stereocenters. The van der Waals surface area contributed by atoms with Gasteiger partial charge in [-0.3, -0.25) is 4.68 Å². The Hall–Kier alpha value is -1.68. The lowest BCUT2D eigenvalue weighted by molar-refractivity contribution is 0.410. The van der Waals surface area contributed by atoms with Crippen LogP contribution >= 0.6 is 11.6 Å². The number of rotatable bonds is 3. The molecule has 0 aliphatic rings. The lowest BCUT2D eigenvalue weighted by Gasteiger charge is -2.07. The number of halogens is 1. The molecule has 0 amide bonds. The van der Waals surface area contributed by atoms with Crippen LogP contribution in [0.3, 0.4) is 0 Å². The van der Waals surface area contributed by atoms with E-state index >= 15 is 0 Å². The Morgan fingerprint density at radius 3 is 2.76 bits per heavy atom. The van der Waals surface area contributed by atoms with Crippen molar-refractivity contribution in [3.8, 4) is 5.75 Å². The normalized spacial score (nSPS) is 10.5. The molecule has 0 unspecified atom stereocenters. The first-order valence-electron chi connectivity index (χ1n) is 5.21. The van der Waals surface area contributed by atoms with Gasteiger partial charge in [-0.15, -0.1) is 0 Å². The van der Waals surface area contributed by atoms with Crippen molar-refractivity contribution in [3.05, 3.63) is 40.5 Å². The second-order valence-electron chi connectivity index (χ2n) is 3.82. The van der Waals surface area contributed by atoms with Crippen molar-refractivity contribution in [2.45, 2.75) is 6.42 Å². The minimum atomic E-state index is 0.640. The molecule has 90 valence electrons. The predicted octanol–water partition coefficient (Wildman–Crippen LogP) is 2.26. The van der Waals surface area contributed by atoms with Crippen molar-refractivity contribution in [2.75, 3.05) is 12.8 Å². The quantitative estimate of drug-likeness (QED) is 0.910. The smallest absolute Gasteiger partial charge is 0.122 e. The number of aromatic nitrogens is 2. The van der Waals surface area contributed by atoms with Gasteiger partial charge in [-0.2, -0.15) is 5.10 Å². The summed E-state index contributed by atoms with van der Waals surface area (Å²) >= 11 is 5.97. The van der Waals surface area contributed by atoms with Crippen LogP contribution in [-0.2, 0) is 13.5 Å². The van der Waals surface area contributed by atoms with Gasteiger partial charge in [0.25, 0.3) is 0 Å². The number of nitrogens with zero attached hydrogens (tertiary/aromatic N) is 2. The van der Waals surface area contributed by atoms with E-state index in [0.717, 1.165) is 17.0 Å². The molecule has 4 nitrogen and oxygen atoms in total. The van der Waals surface area contributed by atoms with Gasteiger partial charge in [-0.05, 0) is 18.2 Å². The molecular weight excluding hydrogens is 238 g/mol. The van der Waals surface area contributed by atoms with Gasteiger partial charge in [-0.25, -0.2) is 0 Å². The largest absolute Gasteiger partial charge is 0.496 e. The van der Waals surface area contributed by atoms with Crippen molar-refractivity contribution >= 4 is 17.4 Å². The minimum Gasteiger partial charge on any atom is -0.496 e. The van der Waals surface area contributed by atoms with Gasteiger partial charge in [0.1, 0.15) is 11.6 Å². The lowest BCUT2D eigenvalue weighted by Crippen LogP contribution is -1.98. The Labute approximate surface area is 105 Å². The second-order valence-corrected chi connectivity index (χ2v) is 4.25. The van der Waals surface area contributed by atoms with E-state index in [0.29, 0.717) is 17.3 Å². The van der Waals surface area contributed by atoms with Gasteiger partial charge >= 0.3 is 0 Å². The van der Waals surface area contributed by atoms with E-state index in [4.69, 9.17) is 22.1 Å². The minimum absolute atomic E-state index is 0.640. The Kier molecular flexibility index (Phi) is 3.24. The molecule has 1 aromatic carbocycles. The van der Waals surface area contributed by atoms with E-state index in [1.165, 1.54) is 0 Å². The second kappa shape index (κ2) is 4.67.